The fourth-order valence-corrected chi connectivity index (χ4v) is 3.94. The largest absolute Gasteiger partial charge is 0.488 e. The first-order chi connectivity index (χ1) is 15.0. The summed E-state index contributed by atoms with van der Waals surface area (Å²) < 4.78 is 8.02. The minimum Gasteiger partial charge on any atom is -0.488 e. The van der Waals surface area contributed by atoms with Gasteiger partial charge in [0.1, 0.15) is 24.0 Å². The third-order valence-corrected chi connectivity index (χ3v) is 6.15. The summed E-state index contributed by atoms with van der Waals surface area (Å²) in [6, 6.07) is 25.2. The molecular weight excluding hydrogens is 614 g/mol. The van der Waals surface area contributed by atoms with Crippen LogP contribution in [-0.4, -0.2) is 5.91 Å². The Balaban J connectivity index is 1.67. The van der Waals surface area contributed by atoms with Gasteiger partial charge in [-0.3, -0.25) is 4.79 Å². The van der Waals surface area contributed by atoms with Crippen LogP contribution in [0.25, 0.3) is 6.08 Å². The van der Waals surface area contributed by atoms with Gasteiger partial charge in [-0.25, -0.2) is 0 Å². The maximum atomic E-state index is 12.6. The van der Waals surface area contributed by atoms with Crippen molar-refractivity contribution in [2.75, 3.05) is 0 Å². The van der Waals surface area contributed by atoms with Gasteiger partial charge < -0.3 is 10.1 Å². The van der Waals surface area contributed by atoms with Crippen LogP contribution >= 0.6 is 45.2 Å². The number of nitrogens with one attached hydrogen (secondary N) is 1. The van der Waals surface area contributed by atoms with E-state index in [4.69, 9.17) is 4.74 Å². The zero-order valence-corrected chi connectivity index (χ0v) is 21.1. The number of hydrogen-bond donors (Lipinski definition) is 1. The Morgan fingerprint density at radius 1 is 1.10 bits per heavy atom. The molecule has 0 aliphatic heterocycles. The van der Waals surface area contributed by atoms with Crippen LogP contribution in [0.15, 0.2) is 78.4 Å². The second-order valence-electron chi connectivity index (χ2n) is 6.88. The van der Waals surface area contributed by atoms with Crippen molar-refractivity contribution in [1.82, 2.24) is 5.32 Å². The minimum absolute atomic E-state index is 0.0612. The van der Waals surface area contributed by atoms with Gasteiger partial charge in [0.25, 0.3) is 5.91 Å². The quantitative estimate of drug-likeness (QED) is 0.190. The third-order valence-electron chi connectivity index (χ3n) is 4.59. The van der Waals surface area contributed by atoms with E-state index in [1.54, 1.807) is 6.08 Å². The number of rotatable bonds is 7. The van der Waals surface area contributed by atoms with Crippen molar-refractivity contribution in [1.29, 1.82) is 5.26 Å². The van der Waals surface area contributed by atoms with E-state index in [2.05, 4.69) is 50.5 Å². The predicted octanol–water partition coefficient (Wildman–Crippen LogP) is 6.26. The highest BCUT2D eigenvalue weighted by Gasteiger charge is 2.14. The van der Waals surface area contributed by atoms with Gasteiger partial charge in [-0.15, -0.1) is 0 Å². The molecule has 0 heterocycles. The van der Waals surface area contributed by atoms with Crippen LogP contribution < -0.4 is 10.1 Å². The van der Waals surface area contributed by atoms with Gasteiger partial charge in [0.2, 0.25) is 0 Å². The van der Waals surface area contributed by atoms with E-state index in [9.17, 15) is 10.1 Å². The normalized spacial score (nSPS) is 12.0. The molecule has 0 saturated heterocycles. The summed E-state index contributed by atoms with van der Waals surface area (Å²) in [6.45, 7) is 2.37. The van der Waals surface area contributed by atoms with Crippen LogP contribution in [0.4, 0.5) is 0 Å². The lowest BCUT2D eigenvalue weighted by atomic mass is 10.1. The molecule has 0 radical (unpaired) electrons. The Bertz CT molecular complexity index is 1120. The lowest BCUT2D eigenvalue weighted by Gasteiger charge is -2.14. The fourth-order valence-electron chi connectivity index (χ4n) is 2.88. The topological polar surface area (TPSA) is 62.1 Å². The number of nitrogens with zero attached hydrogens (tertiary/aromatic N) is 1. The molecule has 0 bridgehead atoms. The van der Waals surface area contributed by atoms with Gasteiger partial charge in [0.15, 0.2) is 0 Å². The van der Waals surface area contributed by atoms with Crippen molar-refractivity contribution in [2.45, 2.75) is 19.6 Å². The van der Waals surface area contributed by atoms with Crippen molar-refractivity contribution in [3.63, 3.8) is 0 Å². The summed E-state index contributed by atoms with van der Waals surface area (Å²) in [5.74, 6) is 0.366. The summed E-state index contributed by atoms with van der Waals surface area (Å²) in [6.07, 6.45) is 1.60. The monoisotopic (exact) mass is 634 g/mol. The zero-order valence-electron chi connectivity index (χ0n) is 16.8. The molecule has 0 saturated carbocycles. The molecule has 3 rings (SSSR count). The van der Waals surface area contributed by atoms with Crippen LogP contribution in [-0.2, 0) is 11.4 Å². The number of ether oxygens (including phenoxy) is 1. The number of amides is 1. The average molecular weight is 634 g/mol. The van der Waals surface area contributed by atoms with Crippen molar-refractivity contribution in [3.05, 3.63) is 102 Å². The van der Waals surface area contributed by atoms with Gasteiger partial charge in [-0.05, 0) is 99.1 Å². The van der Waals surface area contributed by atoms with E-state index >= 15 is 0 Å². The molecule has 6 heteroatoms. The molecule has 3 aromatic rings. The van der Waals surface area contributed by atoms with Crippen LogP contribution in [0.1, 0.15) is 29.7 Å². The summed E-state index contributed by atoms with van der Waals surface area (Å²) in [5, 5.41) is 12.4. The molecule has 0 spiro atoms. The maximum absolute atomic E-state index is 12.6. The molecule has 156 valence electrons. The van der Waals surface area contributed by atoms with E-state index in [0.29, 0.717) is 6.61 Å². The molecule has 0 aliphatic rings. The van der Waals surface area contributed by atoms with Crippen LogP contribution in [0.3, 0.4) is 0 Å². The van der Waals surface area contributed by atoms with E-state index in [0.717, 1.165) is 26.0 Å². The summed E-state index contributed by atoms with van der Waals surface area (Å²) in [5.41, 5.74) is 2.91. The third kappa shape index (κ3) is 6.80. The van der Waals surface area contributed by atoms with Crippen LogP contribution in [0.2, 0.25) is 0 Å². The Labute approximate surface area is 209 Å². The molecular formula is C25H20I2N2O2. The van der Waals surface area contributed by atoms with Crippen LogP contribution in [0, 0.1) is 18.5 Å². The minimum atomic E-state index is -0.395. The predicted molar refractivity (Wildman–Crippen MR) is 139 cm³/mol. The first-order valence-corrected chi connectivity index (χ1v) is 11.8. The molecule has 4 nitrogen and oxygen atoms in total. The first kappa shape index (κ1) is 23.3. The molecule has 1 N–H and O–H groups in total. The second kappa shape index (κ2) is 11.3. The van der Waals surface area contributed by atoms with E-state index in [1.807, 2.05) is 85.8 Å². The lowest BCUT2D eigenvalue weighted by molar-refractivity contribution is -0.117. The number of nitriles is 1. The Morgan fingerprint density at radius 2 is 1.81 bits per heavy atom. The lowest BCUT2D eigenvalue weighted by Crippen LogP contribution is -2.27. The molecule has 31 heavy (non-hydrogen) atoms. The number of hydrogen-bond acceptors (Lipinski definition) is 3. The Morgan fingerprint density at radius 3 is 2.45 bits per heavy atom. The average Bonchev–Trinajstić information content (AvgIpc) is 2.78. The number of benzene rings is 3. The van der Waals surface area contributed by atoms with Crippen LogP contribution in [0.5, 0.6) is 5.75 Å². The molecule has 1 atom stereocenters. The van der Waals surface area contributed by atoms with Gasteiger partial charge in [-0.1, -0.05) is 48.5 Å². The highest BCUT2D eigenvalue weighted by atomic mass is 127. The van der Waals surface area contributed by atoms with Crippen molar-refractivity contribution in [3.8, 4) is 11.8 Å². The van der Waals surface area contributed by atoms with Crippen molar-refractivity contribution >= 4 is 57.2 Å². The Kier molecular flexibility index (Phi) is 8.49. The molecule has 0 fully saturated rings. The summed E-state index contributed by atoms with van der Waals surface area (Å²) in [4.78, 5) is 12.6. The van der Waals surface area contributed by atoms with Gasteiger partial charge >= 0.3 is 0 Å². The molecule has 0 unspecified atom stereocenters. The van der Waals surface area contributed by atoms with E-state index < -0.39 is 5.91 Å². The maximum Gasteiger partial charge on any atom is 0.262 e. The standard InChI is InChI=1S/C25H20I2N2O2/c1-17(20-5-3-2-4-6-20)29-25(30)21(15-28)13-19-9-12-24(23(27)14-19)31-16-18-7-10-22(26)11-8-18/h2-14,17H,16H2,1H3,(H,29,30)/b21-13-/t17-/m1/s1. The number of carbonyl (C=O) groups excluding carboxylic acids is 1. The SMILES string of the molecule is C[C@@H](NC(=O)/C(C#N)=C\c1ccc(OCc2ccc(I)cc2)c(I)c1)c1ccccc1. The van der Waals surface area contributed by atoms with Crippen molar-refractivity contribution in [2.24, 2.45) is 0 Å². The zero-order chi connectivity index (χ0) is 22.2. The molecule has 0 aliphatic carbocycles. The molecule has 0 aromatic heterocycles. The van der Waals surface area contributed by atoms with Crippen molar-refractivity contribution < 1.29 is 9.53 Å². The summed E-state index contributed by atoms with van der Waals surface area (Å²) in [7, 11) is 0. The highest BCUT2D eigenvalue weighted by Crippen LogP contribution is 2.24. The van der Waals surface area contributed by atoms with Gasteiger partial charge in [0.05, 0.1) is 9.61 Å². The smallest absolute Gasteiger partial charge is 0.262 e. The van der Waals surface area contributed by atoms with E-state index in [1.165, 1.54) is 3.57 Å². The Hall–Kier alpha value is -2.38. The second-order valence-corrected chi connectivity index (χ2v) is 9.29. The highest BCUT2D eigenvalue weighted by molar-refractivity contribution is 14.1. The van der Waals surface area contributed by atoms with E-state index in [-0.39, 0.29) is 11.6 Å². The summed E-state index contributed by atoms with van der Waals surface area (Å²) >= 11 is 4.47. The van der Waals surface area contributed by atoms with Gasteiger partial charge in [0, 0.05) is 3.57 Å². The molecule has 3 aromatic carbocycles. The number of carbonyl (C=O) groups is 1. The molecule has 1 amide bonds. The van der Waals surface area contributed by atoms with Gasteiger partial charge in [-0.2, -0.15) is 5.26 Å². The first-order valence-electron chi connectivity index (χ1n) is 9.60. The number of halogens is 2. The fraction of sp³-hybridized carbons (Fsp3) is 0.120.